The van der Waals surface area contributed by atoms with Gasteiger partial charge in [-0.3, -0.25) is 4.98 Å². The van der Waals surface area contributed by atoms with Gasteiger partial charge in [-0.15, -0.1) is 0 Å². The summed E-state index contributed by atoms with van der Waals surface area (Å²) < 4.78 is 2.86. The molecule has 0 aliphatic carbocycles. The van der Waals surface area contributed by atoms with E-state index in [4.69, 9.17) is 16.6 Å². The topological polar surface area (TPSA) is 30.7 Å². The molecular formula is C21H17BrClN3. The number of nitrogens with zero attached hydrogens (tertiary/aromatic N) is 3. The molecule has 0 atom stereocenters. The van der Waals surface area contributed by atoms with E-state index >= 15 is 0 Å². The third kappa shape index (κ3) is 3.27. The molecule has 0 aliphatic heterocycles. The van der Waals surface area contributed by atoms with Gasteiger partial charge in [0.2, 0.25) is 0 Å². The van der Waals surface area contributed by atoms with Crippen LogP contribution in [0.5, 0.6) is 0 Å². The summed E-state index contributed by atoms with van der Waals surface area (Å²) in [6, 6.07) is 16.4. The normalized spacial score (nSPS) is 11.2. The summed E-state index contributed by atoms with van der Waals surface area (Å²) in [6.45, 7) is 2.12. The average molecular weight is 427 g/mol. The first kappa shape index (κ1) is 17.3. The Morgan fingerprint density at radius 2 is 1.92 bits per heavy atom. The lowest BCUT2D eigenvalue weighted by Gasteiger charge is -2.13. The number of aromatic nitrogens is 3. The summed E-state index contributed by atoms with van der Waals surface area (Å²) in [6.07, 6.45) is 5.33. The van der Waals surface area contributed by atoms with Crippen LogP contribution in [0.25, 0.3) is 16.6 Å². The van der Waals surface area contributed by atoms with Crippen molar-refractivity contribution in [2.45, 2.75) is 19.8 Å². The van der Waals surface area contributed by atoms with Crippen LogP contribution in [-0.4, -0.2) is 14.8 Å². The maximum absolute atomic E-state index is 6.78. The van der Waals surface area contributed by atoms with E-state index < -0.39 is 0 Å². The van der Waals surface area contributed by atoms with Crippen LogP contribution in [0.1, 0.15) is 23.7 Å². The van der Waals surface area contributed by atoms with E-state index in [1.54, 1.807) is 6.20 Å². The van der Waals surface area contributed by atoms with Gasteiger partial charge in [0, 0.05) is 34.4 Å². The Morgan fingerprint density at radius 1 is 1.12 bits per heavy atom. The van der Waals surface area contributed by atoms with Crippen molar-refractivity contribution in [3.63, 3.8) is 0 Å². The summed E-state index contributed by atoms with van der Waals surface area (Å²) in [4.78, 5) is 4.83. The Kier molecular flexibility index (Phi) is 4.79. The fourth-order valence-electron chi connectivity index (χ4n) is 3.15. The fourth-order valence-corrected chi connectivity index (χ4v) is 3.84. The molecule has 0 aliphatic rings. The number of halogens is 2. The van der Waals surface area contributed by atoms with Gasteiger partial charge >= 0.3 is 0 Å². The van der Waals surface area contributed by atoms with E-state index in [9.17, 15) is 0 Å². The van der Waals surface area contributed by atoms with Gasteiger partial charge in [0.1, 0.15) is 0 Å². The van der Waals surface area contributed by atoms with E-state index in [1.165, 1.54) is 5.56 Å². The molecule has 0 saturated heterocycles. The largest absolute Gasteiger partial charge is 0.252 e. The Morgan fingerprint density at radius 3 is 2.62 bits per heavy atom. The van der Waals surface area contributed by atoms with Crippen molar-refractivity contribution in [1.29, 1.82) is 0 Å². The lowest BCUT2D eigenvalue weighted by molar-refractivity contribution is 0.879. The van der Waals surface area contributed by atoms with Gasteiger partial charge in [-0.1, -0.05) is 46.6 Å². The lowest BCUT2D eigenvalue weighted by atomic mass is 10.00. The standard InChI is InChI=1S/C21H17BrClN3/c1-2-19-17(21(23)18-13-15(22)6-9-20(18)25-19)12-14-4-7-16(8-5-14)26-11-3-10-24-26/h3-11,13H,2,12H2,1H3. The smallest absolute Gasteiger partial charge is 0.0721 e. The summed E-state index contributed by atoms with van der Waals surface area (Å²) in [5.74, 6) is 0. The monoisotopic (exact) mass is 425 g/mol. The quantitative estimate of drug-likeness (QED) is 0.401. The predicted molar refractivity (Wildman–Crippen MR) is 110 cm³/mol. The van der Waals surface area contributed by atoms with Gasteiger partial charge in [-0.25, -0.2) is 4.68 Å². The summed E-state index contributed by atoms with van der Waals surface area (Å²) in [5, 5.41) is 6.05. The van der Waals surface area contributed by atoms with Crippen LogP contribution in [-0.2, 0) is 12.8 Å². The van der Waals surface area contributed by atoms with Crippen molar-refractivity contribution in [3.05, 3.63) is 87.2 Å². The molecule has 2 aromatic carbocycles. The van der Waals surface area contributed by atoms with E-state index in [0.717, 1.165) is 50.2 Å². The highest BCUT2D eigenvalue weighted by atomic mass is 79.9. The first-order valence-electron chi connectivity index (χ1n) is 8.51. The molecule has 130 valence electrons. The van der Waals surface area contributed by atoms with Gasteiger partial charge in [0.15, 0.2) is 0 Å². The maximum Gasteiger partial charge on any atom is 0.0721 e. The average Bonchev–Trinajstić information content (AvgIpc) is 3.19. The number of hydrogen-bond acceptors (Lipinski definition) is 2. The van der Waals surface area contributed by atoms with Crippen molar-refractivity contribution in [2.75, 3.05) is 0 Å². The molecule has 0 fully saturated rings. The van der Waals surface area contributed by atoms with Gasteiger partial charge in [-0.2, -0.15) is 5.10 Å². The molecule has 5 heteroatoms. The zero-order valence-electron chi connectivity index (χ0n) is 14.3. The van der Waals surface area contributed by atoms with Crippen molar-refractivity contribution in [2.24, 2.45) is 0 Å². The van der Waals surface area contributed by atoms with Crippen LogP contribution < -0.4 is 0 Å². The second-order valence-electron chi connectivity index (χ2n) is 6.16. The highest BCUT2D eigenvalue weighted by Crippen LogP contribution is 2.32. The van der Waals surface area contributed by atoms with Crippen LogP contribution in [0.2, 0.25) is 5.02 Å². The third-order valence-corrected chi connectivity index (χ3v) is 5.41. The van der Waals surface area contributed by atoms with Crippen LogP contribution in [0.4, 0.5) is 0 Å². The minimum atomic E-state index is 0.761. The molecule has 4 aromatic rings. The van der Waals surface area contributed by atoms with Crippen LogP contribution >= 0.6 is 27.5 Å². The Labute approximate surface area is 165 Å². The molecule has 0 amide bonds. The Bertz CT molecular complexity index is 1060. The van der Waals surface area contributed by atoms with Gasteiger partial charge in [-0.05, 0) is 53.9 Å². The molecule has 0 saturated carbocycles. The molecule has 0 bridgehead atoms. The summed E-state index contributed by atoms with van der Waals surface area (Å²) >= 11 is 10.3. The van der Waals surface area contributed by atoms with Gasteiger partial charge in [0.25, 0.3) is 0 Å². The number of pyridine rings is 1. The highest BCUT2D eigenvalue weighted by molar-refractivity contribution is 9.10. The number of aryl methyl sites for hydroxylation is 1. The SMILES string of the molecule is CCc1nc2ccc(Br)cc2c(Cl)c1Cc1ccc(-n2cccn2)cc1. The molecule has 2 aromatic heterocycles. The van der Waals surface area contributed by atoms with Crippen LogP contribution in [0, 0.1) is 0 Å². The minimum Gasteiger partial charge on any atom is -0.252 e. The first-order chi connectivity index (χ1) is 12.7. The second kappa shape index (κ2) is 7.22. The molecule has 4 rings (SSSR count). The van der Waals surface area contributed by atoms with Crippen molar-refractivity contribution < 1.29 is 0 Å². The zero-order chi connectivity index (χ0) is 18.1. The Balaban J connectivity index is 1.73. The molecule has 26 heavy (non-hydrogen) atoms. The maximum atomic E-state index is 6.78. The lowest BCUT2D eigenvalue weighted by Crippen LogP contribution is -2.01. The van der Waals surface area contributed by atoms with E-state index in [-0.39, 0.29) is 0 Å². The number of benzene rings is 2. The van der Waals surface area contributed by atoms with Gasteiger partial charge in [0.05, 0.1) is 16.2 Å². The zero-order valence-corrected chi connectivity index (χ0v) is 16.6. The van der Waals surface area contributed by atoms with E-state index in [1.807, 2.05) is 35.1 Å². The number of hydrogen-bond donors (Lipinski definition) is 0. The molecule has 3 nitrogen and oxygen atoms in total. The van der Waals surface area contributed by atoms with Crippen LogP contribution in [0.3, 0.4) is 0 Å². The molecule has 0 radical (unpaired) electrons. The molecule has 0 spiro atoms. The summed E-state index contributed by atoms with van der Waals surface area (Å²) in [7, 11) is 0. The van der Waals surface area contributed by atoms with E-state index in [2.05, 4.69) is 52.2 Å². The molecule has 0 unspecified atom stereocenters. The second-order valence-corrected chi connectivity index (χ2v) is 7.45. The molecule has 2 heterocycles. The first-order valence-corrected chi connectivity index (χ1v) is 9.68. The number of rotatable bonds is 4. The fraction of sp³-hybridized carbons (Fsp3) is 0.143. The van der Waals surface area contributed by atoms with E-state index in [0.29, 0.717) is 0 Å². The minimum absolute atomic E-state index is 0.761. The molecular weight excluding hydrogens is 410 g/mol. The molecule has 0 N–H and O–H groups in total. The Hall–Kier alpha value is -2.17. The highest BCUT2D eigenvalue weighted by Gasteiger charge is 2.14. The third-order valence-electron chi connectivity index (χ3n) is 4.48. The predicted octanol–water partition coefficient (Wildman–Crippen LogP) is 5.99. The van der Waals surface area contributed by atoms with Crippen LogP contribution in [0.15, 0.2) is 65.4 Å². The summed E-state index contributed by atoms with van der Waals surface area (Å²) in [5.41, 5.74) is 5.34. The van der Waals surface area contributed by atoms with Crippen molar-refractivity contribution in [1.82, 2.24) is 14.8 Å². The van der Waals surface area contributed by atoms with Crippen molar-refractivity contribution in [3.8, 4) is 5.69 Å². The van der Waals surface area contributed by atoms with Crippen molar-refractivity contribution >= 4 is 38.4 Å². The number of fused-ring (bicyclic) bond motifs is 1. The van der Waals surface area contributed by atoms with Gasteiger partial charge < -0.3 is 0 Å².